The van der Waals surface area contributed by atoms with E-state index in [0.29, 0.717) is 27.3 Å². The van der Waals surface area contributed by atoms with Crippen molar-refractivity contribution in [2.75, 3.05) is 6.61 Å². The summed E-state index contributed by atoms with van der Waals surface area (Å²) in [6.07, 6.45) is 1.64. The van der Waals surface area contributed by atoms with Gasteiger partial charge in [-0.25, -0.2) is 0 Å². The summed E-state index contributed by atoms with van der Waals surface area (Å²) in [4.78, 5) is 27.0. The Morgan fingerprint density at radius 1 is 1.10 bits per heavy atom. The van der Waals surface area contributed by atoms with E-state index in [1.807, 2.05) is 49.4 Å². The first-order valence-corrected chi connectivity index (χ1v) is 11.0. The zero-order valence-electron chi connectivity index (χ0n) is 16.1. The number of hydrogen-bond donors (Lipinski definition) is 1. The van der Waals surface area contributed by atoms with Gasteiger partial charge in [0.05, 0.1) is 18.1 Å². The zero-order valence-corrected chi connectivity index (χ0v) is 18.5. The monoisotopic (exact) mass is 483 g/mol. The number of aromatic hydroxyl groups is 1. The highest BCUT2D eigenvalue weighted by atomic mass is 79.9. The highest BCUT2D eigenvalue weighted by Crippen LogP contribution is 2.38. The van der Waals surface area contributed by atoms with E-state index < -0.39 is 0 Å². The average Bonchev–Trinajstić information content (AvgIpc) is 2.99. The van der Waals surface area contributed by atoms with Crippen LogP contribution in [0, 0.1) is 0 Å². The minimum atomic E-state index is -0.337. The summed E-state index contributed by atoms with van der Waals surface area (Å²) in [5.74, 6) is -0.0104. The van der Waals surface area contributed by atoms with Gasteiger partial charge in [-0.15, -0.1) is 0 Å². The number of phenolic OH excluding ortho intramolecular Hbond substituents is 1. The van der Waals surface area contributed by atoms with Crippen molar-refractivity contribution < 1.29 is 19.4 Å². The minimum Gasteiger partial charge on any atom is -0.504 e. The Morgan fingerprint density at radius 2 is 1.87 bits per heavy atom. The molecular weight excluding hydrogens is 466 g/mol. The van der Waals surface area contributed by atoms with E-state index in [1.165, 1.54) is 11.0 Å². The number of ether oxygens (including phenoxy) is 1. The molecule has 1 heterocycles. The third-order valence-electron chi connectivity index (χ3n) is 4.69. The van der Waals surface area contributed by atoms with Crippen molar-refractivity contribution in [3.05, 3.63) is 75.1 Å². The Kier molecular flexibility index (Phi) is 5.83. The van der Waals surface area contributed by atoms with Gasteiger partial charge in [0.1, 0.15) is 0 Å². The van der Waals surface area contributed by atoms with Crippen LogP contribution in [0.4, 0.5) is 4.79 Å². The Morgan fingerprint density at radius 3 is 2.63 bits per heavy atom. The molecule has 3 aromatic rings. The topological polar surface area (TPSA) is 66.8 Å². The fraction of sp³-hybridized carbons (Fsp3) is 0.130. The molecular formula is C23H18BrNO4S. The van der Waals surface area contributed by atoms with Crippen LogP contribution in [0.3, 0.4) is 0 Å². The van der Waals surface area contributed by atoms with Gasteiger partial charge in [-0.05, 0) is 64.9 Å². The molecule has 1 aliphatic heterocycles. The van der Waals surface area contributed by atoms with Crippen LogP contribution in [-0.4, -0.2) is 27.8 Å². The second-order valence-corrected chi connectivity index (χ2v) is 8.57. The fourth-order valence-electron chi connectivity index (χ4n) is 3.24. The SMILES string of the molecule is CCOc1cc(/C=C2\SC(=O)N(Cc3ccc4ccccc4c3)C2=O)c(Br)cc1O. The predicted octanol–water partition coefficient (Wildman–Crippen LogP) is 5.94. The highest BCUT2D eigenvalue weighted by molar-refractivity contribution is 9.10. The summed E-state index contributed by atoms with van der Waals surface area (Å²) in [7, 11) is 0. The molecule has 0 unspecified atom stereocenters. The lowest BCUT2D eigenvalue weighted by Gasteiger charge is -2.13. The Bertz CT molecular complexity index is 1190. The Labute approximate surface area is 186 Å². The first-order valence-electron chi connectivity index (χ1n) is 9.34. The number of rotatable bonds is 5. The predicted molar refractivity (Wildman–Crippen MR) is 122 cm³/mol. The molecule has 30 heavy (non-hydrogen) atoms. The number of carbonyl (C=O) groups is 2. The quantitative estimate of drug-likeness (QED) is 0.454. The van der Waals surface area contributed by atoms with Crippen molar-refractivity contribution in [3.8, 4) is 11.5 Å². The number of carbonyl (C=O) groups excluding carboxylic acids is 2. The first-order chi connectivity index (χ1) is 14.5. The second kappa shape index (κ2) is 8.53. The van der Waals surface area contributed by atoms with Gasteiger partial charge >= 0.3 is 0 Å². The number of imide groups is 1. The molecule has 0 bridgehead atoms. The summed E-state index contributed by atoms with van der Waals surface area (Å²) in [6, 6.07) is 17.0. The molecule has 3 aromatic carbocycles. The largest absolute Gasteiger partial charge is 0.504 e. The van der Waals surface area contributed by atoms with E-state index in [2.05, 4.69) is 15.9 Å². The summed E-state index contributed by atoms with van der Waals surface area (Å²) < 4.78 is 6.01. The maximum absolute atomic E-state index is 12.9. The van der Waals surface area contributed by atoms with Gasteiger partial charge < -0.3 is 9.84 Å². The van der Waals surface area contributed by atoms with E-state index in [-0.39, 0.29) is 23.4 Å². The van der Waals surface area contributed by atoms with Gasteiger partial charge in [-0.1, -0.05) is 52.3 Å². The lowest BCUT2D eigenvalue weighted by Crippen LogP contribution is -2.27. The lowest BCUT2D eigenvalue weighted by molar-refractivity contribution is -0.123. The van der Waals surface area contributed by atoms with Crippen LogP contribution in [0.5, 0.6) is 11.5 Å². The molecule has 4 rings (SSSR count). The van der Waals surface area contributed by atoms with Crippen molar-refractivity contribution in [1.82, 2.24) is 4.90 Å². The number of amides is 2. The van der Waals surface area contributed by atoms with E-state index in [4.69, 9.17) is 4.74 Å². The number of fused-ring (bicyclic) bond motifs is 1. The summed E-state index contributed by atoms with van der Waals surface area (Å²) >= 11 is 4.29. The van der Waals surface area contributed by atoms with Gasteiger partial charge in [0.2, 0.25) is 0 Å². The van der Waals surface area contributed by atoms with E-state index >= 15 is 0 Å². The third kappa shape index (κ3) is 4.08. The molecule has 0 aromatic heterocycles. The average molecular weight is 484 g/mol. The maximum Gasteiger partial charge on any atom is 0.293 e. The van der Waals surface area contributed by atoms with Crippen molar-refractivity contribution in [3.63, 3.8) is 0 Å². The number of benzene rings is 3. The molecule has 0 saturated carbocycles. The molecule has 1 aliphatic rings. The Hall–Kier alpha value is -2.77. The molecule has 1 fully saturated rings. The van der Waals surface area contributed by atoms with Crippen molar-refractivity contribution in [2.45, 2.75) is 13.5 Å². The number of hydrogen-bond acceptors (Lipinski definition) is 5. The number of nitrogens with zero attached hydrogens (tertiary/aromatic N) is 1. The van der Waals surface area contributed by atoms with Gasteiger partial charge in [0.25, 0.3) is 11.1 Å². The number of halogens is 1. The van der Waals surface area contributed by atoms with Gasteiger partial charge in [-0.2, -0.15) is 0 Å². The van der Waals surface area contributed by atoms with Crippen LogP contribution in [-0.2, 0) is 11.3 Å². The smallest absolute Gasteiger partial charge is 0.293 e. The molecule has 7 heteroatoms. The molecule has 1 N–H and O–H groups in total. The van der Waals surface area contributed by atoms with Crippen LogP contribution >= 0.6 is 27.7 Å². The van der Waals surface area contributed by atoms with Gasteiger partial charge in [0, 0.05) is 4.47 Å². The Balaban J connectivity index is 1.60. The normalized spacial score (nSPS) is 15.4. The third-order valence-corrected chi connectivity index (χ3v) is 6.29. The van der Waals surface area contributed by atoms with Crippen LogP contribution in [0.1, 0.15) is 18.1 Å². The van der Waals surface area contributed by atoms with E-state index in [0.717, 1.165) is 28.1 Å². The molecule has 1 saturated heterocycles. The summed E-state index contributed by atoms with van der Waals surface area (Å²) in [5, 5.41) is 11.8. The van der Waals surface area contributed by atoms with Crippen molar-refractivity contribution >= 4 is 55.7 Å². The fourth-order valence-corrected chi connectivity index (χ4v) is 4.51. The molecule has 0 radical (unpaired) electrons. The van der Waals surface area contributed by atoms with Crippen molar-refractivity contribution in [1.29, 1.82) is 0 Å². The summed E-state index contributed by atoms with van der Waals surface area (Å²) in [6.45, 7) is 2.43. The van der Waals surface area contributed by atoms with E-state index in [9.17, 15) is 14.7 Å². The molecule has 152 valence electrons. The lowest BCUT2D eigenvalue weighted by atomic mass is 10.1. The molecule has 0 spiro atoms. The number of phenols is 1. The van der Waals surface area contributed by atoms with Gasteiger partial charge in [-0.3, -0.25) is 14.5 Å². The van der Waals surface area contributed by atoms with Crippen LogP contribution in [0.15, 0.2) is 64.0 Å². The number of thioether (sulfide) groups is 1. The van der Waals surface area contributed by atoms with Crippen LogP contribution < -0.4 is 4.74 Å². The molecule has 0 atom stereocenters. The van der Waals surface area contributed by atoms with Crippen LogP contribution in [0.2, 0.25) is 0 Å². The standard InChI is InChI=1S/C23H18BrNO4S/c1-2-29-20-10-17(18(24)12-19(20)26)11-21-22(27)25(23(28)30-21)13-14-7-8-15-5-3-4-6-16(15)9-14/h3-12,26H,2,13H2,1H3/b21-11-. The van der Waals surface area contributed by atoms with Gasteiger partial charge in [0.15, 0.2) is 11.5 Å². The first kappa shape index (κ1) is 20.5. The minimum absolute atomic E-state index is 0.00489. The highest BCUT2D eigenvalue weighted by Gasteiger charge is 2.35. The van der Waals surface area contributed by atoms with E-state index in [1.54, 1.807) is 12.1 Å². The molecule has 5 nitrogen and oxygen atoms in total. The zero-order chi connectivity index (χ0) is 21.3. The molecule has 0 aliphatic carbocycles. The molecule has 2 amide bonds. The van der Waals surface area contributed by atoms with Crippen molar-refractivity contribution in [2.24, 2.45) is 0 Å². The summed E-state index contributed by atoms with van der Waals surface area (Å²) in [5.41, 5.74) is 1.54. The maximum atomic E-state index is 12.9. The van der Waals surface area contributed by atoms with Crippen LogP contribution in [0.25, 0.3) is 16.8 Å². The second-order valence-electron chi connectivity index (χ2n) is 6.72.